The van der Waals surface area contributed by atoms with Crippen molar-refractivity contribution in [1.29, 1.82) is 0 Å². The van der Waals surface area contributed by atoms with Crippen LogP contribution in [0, 0.1) is 13.8 Å². The maximum atomic E-state index is 15.0. The molecule has 0 bridgehead atoms. The van der Waals surface area contributed by atoms with Gasteiger partial charge in [-0.15, -0.1) is 10.2 Å². The van der Waals surface area contributed by atoms with E-state index in [0.717, 1.165) is 11.6 Å². The van der Waals surface area contributed by atoms with E-state index in [1.165, 1.54) is 24.3 Å². The van der Waals surface area contributed by atoms with E-state index in [4.69, 9.17) is 4.74 Å². The van der Waals surface area contributed by atoms with Crippen LogP contribution in [0.25, 0.3) is 10.9 Å². The van der Waals surface area contributed by atoms with E-state index in [9.17, 15) is 22.4 Å². The molecular formula is C26H21F4N3O2. The monoisotopic (exact) mass is 483 g/mol. The maximum Gasteiger partial charge on any atom is 0.290 e. The zero-order valence-corrected chi connectivity index (χ0v) is 18.9. The van der Waals surface area contributed by atoms with Crippen LogP contribution in [0.2, 0.25) is 0 Å². The van der Waals surface area contributed by atoms with Crippen molar-refractivity contribution in [2.45, 2.75) is 26.2 Å². The number of fused-ring (bicyclic) bond motifs is 1. The largest absolute Gasteiger partial charge is 0.437 e. The molecule has 3 aromatic carbocycles. The second kappa shape index (κ2) is 9.69. The summed E-state index contributed by atoms with van der Waals surface area (Å²) in [5.41, 5.74) is 0.986. The number of aryl methyl sites for hydroxylation is 2. The van der Waals surface area contributed by atoms with Crippen molar-refractivity contribution >= 4 is 16.8 Å². The molecule has 35 heavy (non-hydrogen) atoms. The highest BCUT2D eigenvalue weighted by Gasteiger charge is 2.34. The summed E-state index contributed by atoms with van der Waals surface area (Å²) in [4.78, 5) is 13.1. The zero-order chi connectivity index (χ0) is 25.2. The van der Waals surface area contributed by atoms with E-state index < -0.39 is 24.8 Å². The van der Waals surface area contributed by atoms with Gasteiger partial charge in [0.05, 0.1) is 12.1 Å². The number of halogens is 4. The van der Waals surface area contributed by atoms with Crippen molar-refractivity contribution in [3.63, 3.8) is 0 Å². The Morgan fingerprint density at radius 1 is 1.00 bits per heavy atom. The van der Waals surface area contributed by atoms with E-state index in [-0.39, 0.29) is 28.3 Å². The Kier molecular flexibility index (Phi) is 6.68. The number of hydrogen-bond acceptors (Lipinski definition) is 4. The quantitative estimate of drug-likeness (QED) is 0.305. The first-order chi connectivity index (χ1) is 16.7. The lowest BCUT2D eigenvalue weighted by Gasteiger charge is -2.20. The van der Waals surface area contributed by atoms with Crippen LogP contribution in [-0.2, 0) is 5.92 Å². The van der Waals surface area contributed by atoms with Crippen molar-refractivity contribution in [2.75, 3.05) is 6.54 Å². The van der Waals surface area contributed by atoms with Gasteiger partial charge in [0.2, 0.25) is 0 Å². The molecule has 9 heteroatoms. The molecule has 5 nitrogen and oxygen atoms in total. The van der Waals surface area contributed by atoms with Crippen LogP contribution in [0.3, 0.4) is 0 Å². The van der Waals surface area contributed by atoms with Crippen molar-refractivity contribution in [1.82, 2.24) is 15.5 Å². The first kappa shape index (κ1) is 24.1. The Morgan fingerprint density at radius 3 is 2.51 bits per heavy atom. The van der Waals surface area contributed by atoms with E-state index in [0.29, 0.717) is 16.5 Å². The summed E-state index contributed by atoms with van der Waals surface area (Å²) in [7, 11) is 0. The standard InChI is InChI=1S/C26H21F4N3O2/c1-15-10-11-20(16(2)12-15)26(29,30)14-31-24(34)22-19-8-3-4-9-21(19)32-33-25(22)35-18-7-5-6-17(13-18)23(27)28/h3-13,23H,14H2,1-2H3,(H,31,34). The molecule has 4 rings (SSSR count). The molecule has 0 atom stereocenters. The number of amides is 1. The van der Waals surface area contributed by atoms with Crippen LogP contribution in [0.5, 0.6) is 11.6 Å². The topological polar surface area (TPSA) is 64.1 Å². The molecule has 1 heterocycles. The number of rotatable bonds is 7. The number of alkyl halides is 4. The summed E-state index contributed by atoms with van der Waals surface area (Å²) in [6.07, 6.45) is -2.73. The van der Waals surface area contributed by atoms with Gasteiger partial charge in [-0.2, -0.15) is 8.78 Å². The summed E-state index contributed by atoms with van der Waals surface area (Å²) in [5.74, 6) is -4.49. The zero-order valence-electron chi connectivity index (χ0n) is 18.9. The van der Waals surface area contributed by atoms with E-state index in [1.807, 2.05) is 0 Å². The number of hydrogen-bond donors (Lipinski definition) is 1. The maximum absolute atomic E-state index is 15.0. The molecule has 1 N–H and O–H groups in total. The van der Waals surface area contributed by atoms with Crippen LogP contribution in [0.1, 0.15) is 39.0 Å². The lowest BCUT2D eigenvalue weighted by Crippen LogP contribution is -2.35. The number of carbonyl (C=O) groups excluding carboxylic acids is 1. The fourth-order valence-corrected chi connectivity index (χ4v) is 3.75. The summed E-state index contributed by atoms with van der Waals surface area (Å²) >= 11 is 0. The van der Waals surface area contributed by atoms with Gasteiger partial charge in [-0.3, -0.25) is 4.79 Å². The molecule has 0 saturated carbocycles. The smallest absolute Gasteiger partial charge is 0.290 e. The molecule has 4 aromatic rings. The van der Waals surface area contributed by atoms with Gasteiger partial charge in [0, 0.05) is 16.5 Å². The highest BCUT2D eigenvalue weighted by Crippen LogP contribution is 2.32. The Hall–Kier alpha value is -4.01. The van der Waals surface area contributed by atoms with Gasteiger partial charge in [0.25, 0.3) is 24.1 Å². The summed E-state index contributed by atoms with van der Waals surface area (Å²) in [6, 6.07) is 16.2. The summed E-state index contributed by atoms with van der Waals surface area (Å²) < 4.78 is 61.7. The van der Waals surface area contributed by atoms with Gasteiger partial charge in [0.1, 0.15) is 11.3 Å². The third-order valence-corrected chi connectivity index (χ3v) is 5.43. The molecule has 0 radical (unpaired) electrons. The fourth-order valence-electron chi connectivity index (χ4n) is 3.75. The van der Waals surface area contributed by atoms with Gasteiger partial charge in [-0.05, 0) is 37.6 Å². The molecule has 0 spiro atoms. The SMILES string of the molecule is Cc1ccc(C(F)(F)CNC(=O)c2c(Oc3cccc(C(F)F)c3)nnc3ccccc23)c(C)c1. The van der Waals surface area contributed by atoms with Crippen LogP contribution in [-0.4, -0.2) is 22.6 Å². The predicted molar refractivity (Wildman–Crippen MR) is 123 cm³/mol. The Labute approximate surface area is 198 Å². The number of carbonyl (C=O) groups is 1. The average molecular weight is 483 g/mol. The van der Waals surface area contributed by atoms with Crippen LogP contribution in [0.4, 0.5) is 17.6 Å². The second-order valence-corrected chi connectivity index (χ2v) is 8.08. The Morgan fingerprint density at radius 2 is 1.77 bits per heavy atom. The number of nitrogens with zero attached hydrogens (tertiary/aromatic N) is 2. The Bertz CT molecular complexity index is 1390. The van der Waals surface area contributed by atoms with Crippen LogP contribution < -0.4 is 10.1 Å². The molecule has 0 saturated heterocycles. The molecule has 0 unspecified atom stereocenters. The number of aromatic nitrogens is 2. The Balaban J connectivity index is 1.66. The second-order valence-electron chi connectivity index (χ2n) is 8.08. The van der Waals surface area contributed by atoms with E-state index in [2.05, 4.69) is 15.5 Å². The molecule has 0 fully saturated rings. The normalized spacial score (nSPS) is 11.6. The number of benzene rings is 3. The molecule has 0 aliphatic carbocycles. The molecule has 0 aliphatic rings. The van der Waals surface area contributed by atoms with Crippen LogP contribution >= 0.6 is 0 Å². The lowest BCUT2D eigenvalue weighted by molar-refractivity contribution is -0.00308. The highest BCUT2D eigenvalue weighted by molar-refractivity contribution is 6.07. The van der Waals surface area contributed by atoms with Crippen molar-refractivity contribution in [2.24, 2.45) is 0 Å². The molecule has 0 aliphatic heterocycles. The van der Waals surface area contributed by atoms with E-state index >= 15 is 0 Å². The molecule has 1 amide bonds. The third-order valence-electron chi connectivity index (χ3n) is 5.43. The highest BCUT2D eigenvalue weighted by atomic mass is 19.3. The minimum absolute atomic E-state index is 0.00189. The minimum Gasteiger partial charge on any atom is -0.437 e. The minimum atomic E-state index is -3.34. The summed E-state index contributed by atoms with van der Waals surface area (Å²) in [6.45, 7) is 2.42. The average Bonchev–Trinajstić information content (AvgIpc) is 2.82. The first-order valence-corrected chi connectivity index (χ1v) is 10.7. The summed E-state index contributed by atoms with van der Waals surface area (Å²) in [5, 5.41) is 10.5. The number of nitrogens with one attached hydrogen (secondary N) is 1. The third kappa shape index (κ3) is 5.24. The van der Waals surface area contributed by atoms with Gasteiger partial charge >= 0.3 is 0 Å². The van der Waals surface area contributed by atoms with Gasteiger partial charge in [0.15, 0.2) is 0 Å². The predicted octanol–water partition coefficient (Wildman–Crippen LogP) is 6.50. The van der Waals surface area contributed by atoms with E-state index in [1.54, 1.807) is 50.2 Å². The molecule has 180 valence electrons. The van der Waals surface area contributed by atoms with Gasteiger partial charge < -0.3 is 10.1 Å². The molecule has 1 aromatic heterocycles. The lowest BCUT2D eigenvalue weighted by atomic mass is 10.00. The van der Waals surface area contributed by atoms with Crippen molar-refractivity contribution in [3.05, 3.63) is 94.5 Å². The van der Waals surface area contributed by atoms with Crippen molar-refractivity contribution in [3.8, 4) is 11.6 Å². The first-order valence-electron chi connectivity index (χ1n) is 10.7. The van der Waals surface area contributed by atoms with Gasteiger partial charge in [-0.25, -0.2) is 8.78 Å². The molecular weight excluding hydrogens is 462 g/mol. The van der Waals surface area contributed by atoms with Crippen LogP contribution in [0.15, 0.2) is 66.7 Å². The van der Waals surface area contributed by atoms with Gasteiger partial charge in [-0.1, -0.05) is 54.1 Å². The van der Waals surface area contributed by atoms with Crippen molar-refractivity contribution < 1.29 is 27.1 Å². The number of ether oxygens (including phenoxy) is 1. The fraction of sp³-hybridized carbons (Fsp3) is 0.192.